The summed E-state index contributed by atoms with van der Waals surface area (Å²) < 4.78 is 0. The summed E-state index contributed by atoms with van der Waals surface area (Å²) in [6.45, 7) is 0. The molecule has 14 heavy (non-hydrogen) atoms. The van der Waals surface area contributed by atoms with Crippen LogP contribution in [0.1, 0.15) is 12.0 Å². The Hall–Kier alpha value is -1.83. The molecule has 0 aliphatic heterocycles. The molecule has 2 nitrogen and oxygen atoms in total. The summed E-state index contributed by atoms with van der Waals surface area (Å²) in [6, 6.07) is 9.39. The number of carbonyl (C=O) groups excluding carboxylic acids is 1. The first-order valence-electron chi connectivity index (χ1n) is 4.47. The van der Waals surface area contributed by atoms with Gasteiger partial charge in [-0.25, -0.2) is 0 Å². The average Bonchev–Trinajstić information content (AvgIpc) is 2.23. The molecule has 1 aromatic rings. The van der Waals surface area contributed by atoms with Crippen LogP contribution in [0.15, 0.2) is 48.2 Å². The van der Waals surface area contributed by atoms with Gasteiger partial charge in [-0.05, 0) is 5.56 Å². The lowest BCUT2D eigenvalue weighted by atomic mass is 9.97. The minimum absolute atomic E-state index is 0.126. The maximum absolute atomic E-state index is 11.2. The predicted molar refractivity (Wildman–Crippen MR) is 54.8 cm³/mol. The number of carbonyl (C=O) groups is 1. The number of hydrogen-bond donors (Lipinski definition) is 1. The fourth-order valence-electron chi connectivity index (χ4n) is 1.46. The van der Waals surface area contributed by atoms with Gasteiger partial charge in [0, 0.05) is 12.0 Å². The van der Waals surface area contributed by atoms with Gasteiger partial charge in [0.05, 0.1) is 0 Å². The van der Waals surface area contributed by atoms with E-state index >= 15 is 0 Å². The van der Waals surface area contributed by atoms with Crippen molar-refractivity contribution in [2.45, 2.75) is 6.42 Å². The second-order valence-corrected chi connectivity index (χ2v) is 3.16. The first-order valence-corrected chi connectivity index (χ1v) is 4.47. The molecule has 70 valence electrons. The Balaban J connectivity index is 2.49. The van der Waals surface area contributed by atoms with E-state index in [9.17, 15) is 9.90 Å². The molecule has 0 spiro atoms. The van der Waals surface area contributed by atoms with E-state index in [2.05, 4.69) is 0 Å². The number of ketones is 1. The van der Waals surface area contributed by atoms with E-state index in [1.165, 1.54) is 0 Å². The van der Waals surface area contributed by atoms with Crippen LogP contribution in [0.4, 0.5) is 0 Å². The lowest BCUT2D eigenvalue weighted by molar-refractivity contribution is -0.117. The van der Waals surface area contributed by atoms with Gasteiger partial charge in [0.1, 0.15) is 0 Å². The van der Waals surface area contributed by atoms with Crippen LogP contribution < -0.4 is 0 Å². The van der Waals surface area contributed by atoms with Gasteiger partial charge in [0.15, 0.2) is 5.76 Å². The predicted octanol–water partition coefficient (Wildman–Crippen LogP) is 2.48. The van der Waals surface area contributed by atoms with Crippen LogP contribution in [-0.4, -0.2) is 10.9 Å². The number of hydrogen-bond acceptors (Lipinski definition) is 2. The average molecular weight is 186 g/mol. The first-order chi connectivity index (χ1) is 6.79. The van der Waals surface area contributed by atoms with Crippen LogP contribution in [0.3, 0.4) is 0 Å². The summed E-state index contributed by atoms with van der Waals surface area (Å²) in [7, 11) is 0. The van der Waals surface area contributed by atoms with Crippen LogP contribution in [0.25, 0.3) is 5.57 Å². The van der Waals surface area contributed by atoms with E-state index in [1.807, 2.05) is 30.3 Å². The number of aliphatic hydroxyl groups is 1. The monoisotopic (exact) mass is 186 g/mol. The molecule has 0 unspecified atom stereocenters. The highest BCUT2D eigenvalue weighted by atomic mass is 16.3. The Morgan fingerprint density at radius 2 is 1.86 bits per heavy atom. The topological polar surface area (TPSA) is 37.3 Å². The Labute approximate surface area is 82.2 Å². The van der Waals surface area contributed by atoms with Crippen LogP contribution in [0, 0.1) is 0 Å². The molecule has 1 aliphatic rings. The lowest BCUT2D eigenvalue weighted by Crippen LogP contribution is -2.06. The quantitative estimate of drug-likeness (QED) is 0.731. The summed E-state index contributed by atoms with van der Waals surface area (Å²) in [6.07, 6.45) is 3.85. The Bertz CT molecular complexity index is 413. The van der Waals surface area contributed by atoms with Gasteiger partial charge in [0.2, 0.25) is 5.78 Å². The fraction of sp³-hybridized carbons (Fsp3) is 0.0833. The summed E-state index contributed by atoms with van der Waals surface area (Å²) in [5.74, 6) is -0.343. The van der Waals surface area contributed by atoms with Crippen LogP contribution >= 0.6 is 0 Å². The number of aliphatic hydroxyl groups excluding tert-OH is 1. The van der Waals surface area contributed by atoms with Crippen molar-refractivity contribution in [3.63, 3.8) is 0 Å². The maximum Gasteiger partial charge on any atom is 0.201 e. The molecule has 1 aliphatic carbocycles. The molecule has 2 heteroatoms. The molecular formula is C12H10O2. The normalized spacial score (nSPS) is 16.1. The minimum atomic E-state index is -0.216. The number of rotatable bonds is 1. The maximum atomic E-state index is 11.2. The van der Waals surface area contributed by atoms with Crippen molar-refractivity contribution >= 4 is 11.4 Å². The highest BCUT2D eigenvalue weighted by Crippen LogP contribution is 2.23. The van der Waals surface area contributed by atoms with Gasteiger partial charge in [-0.2, -0.15) is 0 Å². The van der Waals surface area contributed by atoms with E-state index in [4.69, 9.17) is 0 Å². The Morgan fingerprint density at radius 1 is 1.14 bits per heavy atom. The highest BCUT2D eigenvalue weighted by Gasteiger charge is 2.16. The van der Waals surface area contributed by atoms with Crippen LogP contribution in [0.2, 0.25) is 0 Å². The third-order valence-corrected chi connectivity index (χ3v) is 2.19. The number of Topliss-reactive ketones (excluding diaryl/α,β-unsaturated/α-hetero) is 1. The SMILES string of the molecule is O=C1CC=CC(c2ccccc2)=C1O. The van der Waals surface area contributed by atoms with Crippen LogP contribution in [-0.2, 0) is 4.79 Å². The van der Waals surface area contributed by atoms with Crippen molar-refractivity contribution in [2.24, 2.45) is 0 Å². The van der Waals surface area contributed by atoms with Gasteiger partial charge in [-0.3, -0.25) is 4.79 Å². The standard InChI is InChI=1S/C12H10O2/c13-11-8-4-7-10(12(11)14)9-5-2-1-3-6-9/h1-7,14H,8H2. The molecule has 1 aromatic carbocycles. The zero-order valence-corrected chi connectivity index (χ0v) is 7.60. The van der Waals surface area contributed by atoms with E-state index in [1.54, 1.807) is 12.2 Å². The summed E-state index contributed by atoms with van der Waals surface area (Å²) in [5, 5.41) is 9.57. The molecule has 0 saturated carbocycles. The summed E-state index contributed by atoms with van der Waals surface area (Å²) >= 11 is 0. The van der Waals surface area contributed by atoms with Crippen molar-refractivity contribution in [1.82, 2.24) is 0 Å². The molecule has 0 heterocycles. The van der Waals surface area contributed by atoms with Crippen molar-refractivity contribution < 1.29 is 9.90 Å². The van der Waals surface area contributed by atoms with Gasteiger partial charge in [0.25, 0.3) is 0 Å². The van der Waals surface area contributed by atoms with Gasteiger partial charge < -0.3 is 5.11 Å². The van der Waals surface area contributed by atoms with Crippen molar-refractivity contribution in [3.05, 3.63) is 53.8 Å². The molecular weight excluding hydrogens is 176 g/mol. The molecule has 1 N–H and O–H groups in total. The molecule has 0 aromatic heterocycles. The van der Waals surface area contributed by atoms with Gasteiger partial charge in [-0.1, -0.05) is 42.5 Å². The zero-order chi connectivity index (χ0) is 9.97. The molecule has 0 atom stereocenters. The molecule has 0 radical (unpaired) electrons. The number of allylic oxidation sites excluding steroid dienone is 4. The number of benzene rings is 1. The molecule has 0 amide bonds. The van der Waals surface area contributed by atoms with E-state index in [-0.39, 0.29) is 11.5 Å². The smallest absolute Gasteiger partial charge is 0.201 e. The van der Waals surface area contributed by atoms with E-state index in [0.717, 1.165) is 5.56 Å². The van der Waals surface area contributed by atoms with Crippen molar-refractivity contribution in [2.75, 3.05) is 0 Å². The van der Waals surface area contributed by atoms with Gasteiger partial charge >= 0.3 is 0 Å². The third-order valence-electron chi connectivity index (χ3n) is 2.19. The highest BCUT2D eigenvalue weighted by molar-refractivity contribution is 6.04. The van der Waals surface area contributed by atoms with E-state index in [0.29, 0.717) is 12.0 Å². The third kappa shape index (κ3) is 1.46. The fourth-order valence-corrected chi connectivity index (χ4v) is 1.46. The van der Waals surface area contributed by atoms with E-state index < -0.39 is 0 Å². The van der Waals surface area contributed by atoms with Crippen molar-refractivity contribution in [1.29, 1.82) is 0 Å². The second kappa shape index (κ2) is 3.50. The summed E-state index contributed by atoms with van der Waals surface area (Å²) in [4.78, 5) is 11.2. The van der Waals surface area contributed by atoms with Gasteiger partial charge in [-0.15, -0.1) is 0 Å². The second-order valence-electron chi connectivity index (χ2n) is 3.16. The summed E-state index contributed by atoms with van der Waals surface area (Å²) in [5.41, 5.74) is 1.48. The minimum Gasteiger partial charge on any atom is -0.504 e. The molecule has 0 fully saturated rings. The Morgan fingerprint density at radius 3 is 2.57 bits per heavy atom. The largest absolute Gasteiger partial charge is 0.504 e. The Kier molecular flexibility index (Phi) is 2.19. The molecule has 0 saturated heterocycles. The van der Waals surface area contributed by atoms with Crippen molar-refractivity contribution in [3.8, 4) is 0 Å². The zero-order valence-electron chi connectivity index (χ0n) is 7.60. The van der Waals surface area contributed by atoms with Crippen LogP contribution in [0.5, 0.6) is 0 Å². The lowest BCUT2D eigenvalue weighted by Gasteiger charge is -2.09. The molecule has 0 bridgehead atoms. The molecule has 2 rings (SSSR count). The first kappa shape index (κ1) is 8.75.